The molecule has 0 aliphatic rings. The van der Waals surface area contributed by atoms with Gasteiger partial charge in [0.2, 0.25) is 0 Å². The van der Waals surface area contributed by atoms with Crippen molar-refractivity contribution in [3.05, 3.63) is 57.5 Å². The van der Waals surface area contributed by atoms with Crippen LogP contribution < -0.4 is 5.56 Å². The number of pyridine rings is 1. The van der Waals surface area contributed by atoms with Crippen LogP contribution in [0.3, 0.4) is 0 Å². The number of aryl methyl sites for hydroxylation is 2. The molecular formula is C17H22N2O. The molecule has 2 rings (SSSR count). The second kappa shape index (κ2) is 5.63. The smallest absolute Gasteiger partial charge is 0.256 e. The molecule has 1 atom stereocenters. The molecule has 0 aliphatic heterocycles. The molecular weight excluding hydrogens is 248 g/mol. The monoisotopic (exact) mass is 270 g/mol. The normalized spacial score (nSPS) is 12.7. The first-order chi connectivity index (χ1) is 9.40. The van der Waals surface area contributed by atoms with Crippen LogP contribution in [0.1, 0.15) is 29.8 Å². The summed E-state index contributed by atoms with van der Waals surface area (Å²) in [6.07, 6.45) is 0. The van der Waals surface area contributed by atoms with Crippen LogP contribution in [0.2, 0.25) is 0 Å². The number of hydrogen-bond acceptors (Lipinski definition) is 2. The Morgan fingerprint density at radius 1 is 1.15 bits per heavy atom. The van der Waals surface area contributed by atoms with Gasteiger partial charge in [0, 0.05) is 17.3 Å². The Morgan fingerprint density at radius 2 is 1.85 bits per heavy atom. The maximum atomic E-state index is 12.1. The van der Waals surface area contributed by atoms with Crippen molar-refractivity contribution in [2.75, 3.05) is 14.1 Å². The molecule has 2 aromatic rings. The number of H-pyrrole nitrogens is 1. The van der Waals surface area contributed by atoms with E-state index in [-0.39, 0.29) is 5.56 Å². The zero-order valence-electron chi connectivity index (χ0n) is 12.8. The zero-order valence-corrected chi connectivity index (χ0v) is 12.8. The van der Waals surface area contributed by atoms with Crippen LogP contribution in [0.25, 0.3) is 11.1 Å². The van der Waals surface area contributed by atoms with Crippen molar-refractivity contribution in [1.82, 2.24) is 9.88 Å². The average Bonchev–Trinajstić information content (AvgIpc) is 2.42. The SMILES string of the molecule is Cc1cc(-c2cccc(C(C)N(C)C)c2)c(=O)[nH]c1C. The molecule has 0 radical (unpaired) electrons. The number of benzene rings is 1. The average molecular weight is 270 g/mol. The second-order valence-electron chi connectivity index (χ2n) is 5.59. The summed E-state index contributed by atoms with van der Waals surface area (Å²) in [6.45, 7) is 6.09. The predicted molar refractivity (Wildman–Crippen MR) is 84.1 cm³/mol. The van der Waals surface area contributed by atoms with E-state index in [0.717, 1.165) is 22.4 Å². The number of rotatable bonds is 3. The Labute approximate surface area is 120 Å². The van der Waals surface area contributed by atoms with Gasteiger partial charge in [-0.2, -0.15) is 0 Å². The molecule has 106 valence electrons. The maximum absolute atomic E-state index is 12.1. The summed E-state index contributed by atoms with van der Waals surface area (Å²) in [5.74, 6) is 0. The molecule has 0 bridgehead atoms. The first-order valence-corrected chi connectivity index (χ1v) is 6.87. The fourth-order valence-electron chi connectivity index (χ4n) is 2.21. The van der Waals surface area contributed by atoms with Gasteiger partial charge in [-0.05, 0) is 63.7 Å². The summed E-state index contributed by atoms with van der Waals surface area (Å²) >= 11 is 0. The molecule has 0 spiro atoms. The standard InChI is InChI=1S/C17H22N2O/c1-11-9-16(17(20)18-12(11)2)15-8-6-7-14(10-15)13(3)19(4)5/h6-10,13H,1-5H3,(H,18,20). The molecule has 3 nitrogen and oxygen atoms in total. The van der Waals surface area contributed by atoms with Crippen LogP contribution in [0.5, 0.6) is 0 Å². The third-order valence-corrected chi connectivity index (χ3v) is 3.95. The van der Waals surface area contributed by atoms with Crippen LogP contribution in [0, 0.1) is 13.8 Å². The van der Waals surface area contributed by atoms with E-state index in [1.807, 2.05) is 32.0 Å². The van der Waals surface area contributed by atoms with Gasteiger partial charge in [-0.1, -0.05) is 18.2 Å². The van der Waals surface area contributed by atoms with Gasteiger partial charge < -0.3 is 9.88 Å². The van der Waals surface area contributed by atoms with E-state index in [9.17, 15) is 4.79 Å². The highest BCUT2D eigenvalue weighted by atomic mass is 16.1. The molecule has 1 aromatic heterocycles. The Bertz CT molecular complexity index is 671. The van der Waals surface area contributed by atoms with E-state index >= 15 is 0 Å². The summed E-state index contributed by atoms with van der Waals surface area (Å²) in [5.41, 5.74) is 4.93. The van der Waals surface area contributed by atoms with Gasteiger partial charge >= 0.3 is 0 Å². The van der Waals surface area contributed by atoms with Gasteiger partial charge in [0.1, 0.15) is 0 Å². The van der Waals surface area contributed by atoms with E-state index in [1.54, 1.807) is 0 Å². The van der Waals surface area contributed by atoms with Crippen molar-refractivity contribution in [2.24, 2.45) is 0 Å². The molecule has 20 heavy (non-hydrogen) atoms. The largest absolute Gasteiger partial charge is 0.326 e. The predicted octanol–water partition coefficient (Wildman–Crippen LogP) is 3.28. The summed E-state index contributed by atoms with van der Waals surface area (Å²) < 4.78 is 0. The molecule has 1 unspecified atom stereocenters. The lowest BCUT2D eigenvalue weighted by Gasteiger charge is -2.20. The van der Waals surface area contributed by atoms with Crippen LogP contribution in [0.15, 0.2) is 35.1 Å². The van der Waals surface area contributed by atoms with E-state index in [0.29, 0.717) is 6.04 Å². The molecule has 0 fully saturated rings. The maximum Gasteiger partial charge on any atom is 0.256 e. The summed E-state index contributed by atoms with van der Waals surface area (Å²) in [4.78, 5) is 17.2. The molecule has 0 saturated heterocycles. The van der Waals surface area contributed by atoms with Crippen LogP contribution in [-0.4, -0.2) is 24.0 Å². The minimum atomic E-state index is -0.0252. The van der Waals surface area contributed by atoms with Crippen molar-refractivity contribution in [3.63, 3.8) is 0 Å². The van der Waals surface area contributed by atoms with Gasteiger partial charge in [-0.3, -0.25) is 4.79 Å². The Hall–Kier alpha value is -1.87. The highest BCUT2D eigenvalue weighted by Crippen LogP contribution is 2.23. The van der Waals surface area contributed by atoms with Gasteiger partial charge in [0.05, 0.1) is 0 Å². The van der Waals surface area contributed by atoms with Gasteiger partial charge in [0.15, 0.2) is 0 Å². The number of hydrogen-bond donors (Lipinski definition) is 1. The molecule has 1 N–H and O–H groups in total. The molecule has 1 heterocycles. The minimum Gasteiger partial charge on any atom is -0.326 e. The number of aromatic amines is 1. The summed E-state index contributed by atoms with van der Waals surface area (Å²) in [6, 6.07) is 10.5. The van der Waals surface area contributed by atoms with Crippen molar-refractivity contribution in [1.29, 1.82) is 0 Å². The Balaban J connectivity index is 2.52. The zero-order chi connectivity index (χ0) is 14.9. The fraction of sp³-hybridized carbons (Fsp3) is 0.353. The molecule has 1 aromatic carbocycles. The van der Waals surface area contributed by atoms with Crippen LogP contribution in [0.4, 0.5) is 0 Å². The number of nitrogens with zero attached hydrogens (tertiary/aromatic N) is 1. The quantitative estimate of drug-likeness (QED) is 0.929. The van der Waals surface area contributed by atoms with Crippen molar-refractivity contribution >= 4 is 0 Å². The third-order valence-electron chi connectivity index (χ3n) is 3.95. The topological polar surface area (TPSA) is 36.1 Å². The number of nitrogens with one attached hydrogen (secondary N) is 1. The lowest BCUT2D eigenvalue weighted by molar-refractivity contribution is 0.321. The van der Waals surface area contributed by atoms with Crippen LogP contribution >= 0.6 is 0 Å². The van der Waals surface area contributed by atoms with Gasteiger partial charge in [-0.15, -0.1) is 0 Å². The molecule has 0 amide bonds. The van der Waals surface area contributed by atoms with Gasteiger partial charge in [0.25, 0.3) is 5.56 Å². The van der Waals surface area contributed by atoms with E-state index in [4.69, 9.17) is 0 Å². The minimum absolute atomic E-state index is 0.0252. The van der Waals surface area contributed by atoms with Crippen molar-refractivity contribution < 1.29 is 0 Å². The third kappa shape index (κ3) is 2.83. The van der Waals surface area contributed by atoms with Crippen molar-refractivity contribution in [2.45, 2.75) is 26.8 Å². The first kappa shape index (κ1) is 14.5. The summed E-state index contributed by atoms with van der Waals surface area (Å²) in [5, 5.41) is 0. The second-order valence-corrected chi connectivity index (χ2v) is 5.59. The molecule has 0 saturated carbocycles. The van der Waals surface area contributed by atoms with Gasteiger partial charge in [-0.25, -0.2) is 0 Å². The van der Waals surface area contributed by atoms with E-state index in [1.165, 1.54) is 5.56 Å². The Morgan fingerprint density at radius 3 is 2.50 bits per heavy atom. The Kier molecular flexibility index (Phi) is 4.09. The fourth-order valence-corrected chi connectivity index (χ4v) is 2.21. The lowest BCUT2D eigenvalue weighted by atomic mass is 9.99. The first-order valence-electron chi connectivity index (χ1n) is 6.87. The lowest BCUT2D eigenvalue weighted by Crippen LogP contribution is -2.17. The van der Waals surface area contributed by atoms with E-state index < -0.39 is 0 Å². The van der Waals surface area contributed by atoms with Crippen LogP contribution in [-0.2, 0) is 0 Å². The van der Waals surface area contributed by atoms with Crippen molar-refractivity contribution in [3.8, 4) is 11.1 Å². The summed E-state index contributed by atoms with van der Waals surface area (Å²) in [7, 11) is 4.11. The number of aromatic nitrogens is 1. The molecule has 0 aliphatic carbocycles. The van der Waals surface area contributed by atoms with E-state index in [2.05, 4.69) is 43.0 Å². The molecule has 3 heteroatoms. The highest BCUT2D eigenvalue weighted by Gasteiger charge is 2.11. The highest BCUT2D eigenvalue weighted by molar-refractivity contribution is 5.64.